The second kappa shape index (κ2) is 5.16. The normalized spacial score (nSPS) is 13.9. The van der Waals surface area contributed by atoms with Gasteiger partial charge in [-0.1, -0.05) is 72.8 Å². The van der Waals surface area contributed by atoms with E-state index in [1.54, 1.807) is 0 Å². The second-order valence-electron chi connectivity index (χ2n) is 8.17. The van der Waals surface area contributed by atoms with Crippen molar-refractivity contribution in [2.45, 2.75) is 0 Å². The van der Waals surface area contributed by atoms with Crippen LogP contribution in [0.4, 0.5) is 11.4 Å². The van der Waals surface area contributed by atoms with Crippen LogP contribution in [0.5, 0.6) is 0 Å². The zero-order valence-electron chi connectivity index (χ0n) is 16.0. The van der Waals surface area contributed by atoms with Crippen LogP contribution in [-0.2, 0) is 0 Å². The van der Waals surface area contributed by atoms with Gasteiger partial charge in [0.05, 0.1) is 21.8 Å². The van der Waals surface area contributed by atoms with Crippen molar-refractivity contribution in [1.29, 1.82) is 0 Å². The van der Waals surface area contributed by atoms with Gasteiger partial charge >= 0.3 is 6.98 Å². The maximum atomic E-state index is 2.59. The molecule has 2 aromatic heterocycles. The third-order valence-corrected chi connectivity index (χ3v) is 7.95. The Morgan fingerprint density at radius 2 is 1.43 bits per heavy atom. The van der Waals surface area contributed by atoms with E-state index in [-0.39, 0.29) is 6.98 Å². The molecule has 2 aliphatic heterocycles. The summed E-state index contributed by atoms with van der Waals surface area (Å²) in [6.07, 6.45) is 0. The topological polar surface area (TPSA) is 8.17 Å². The molecule has 4 heterocycles. The highest BCUT2D eigenvalue weighted by Gasteiger charge is 2.46. The first kappa shape index (κ1) is 15.4. The molecule has 0 saturated heterocycles. The van der Waals surface area contributed by atoms with E-state index >= 15 is 0 Å². The number of aromatic nitrogens is 1. The molecule has 0 aliphatic carbocycles. The van der Waals surface area contributed by atoms with Gasteiger partial charge in [0.1, 0.15) is 0 Å². The monoisotopic (exact) mass is 398 g/mol. The lowest BCUT2D eigenvalue weighted by molar-refractivity contribution is 1.32. The van der Waals surface area contributed by atoms with Gasteiger partial charge in [0, 0.05) is 26.4 Å². The number of thiophene rings is 1. The van der Waals surface area contributed by atoms with Crippen LogP contribution >= 0.6 is 11.3 Å². The molecule has 0 fully saturated rings. The van der Waals surface area contributed by atoms with Crippen molar-refractivity contribution in [3.63, 3.8) is 0 Å². The molecule has 0 saturated carbocycles. The van der Waals surface area contributed by atoms with E-state index in [2.05, 4.69) is 100 Å². The van der Waals surface area contributed by atoms with Crippen LogP contribution < -0.4 is 10.3 Å². The largest absolute Gasteiger partial charge is 0.421 e. The molecule has 0 N–H and O–H groups in total. The van der Waals surface area contributed by atoms with Gasteiger partial charge in [0.2, 0.25) is 0 Å². The van der Waals surface area contributed by atoms with Gasteiger partial charge in [-0.15, -0.1) is 11.3 Å². The molecule has 138 valence electrons. The number of hydrogen-bond acceptors (Lipinski definition) is 2. The number of anilines is 2. The molecule has 2 nitrogen and oxygen atoms in total. The Morgan fingerprint density at radius 3 is 2.40 bits per heavy atom. The predicted octanol–water partition coefficient (Wildman–Crippen LogP) is 6.38. The molecule has 8 rings (SSSR count). The lowest BCUT2D eigenvalue weighted by Gasteiger charge is -2.33. The Kier molecular flexibility index (Phi) is 2.64. The summed E-state index contributed by atoms with van der Waals surface area (Å²) in [7, 11) is 0. The summed E-state index contributed by atoms with van der Waals surface area (Å²) < 4.78 is 3.92. The number of rotatable bonds is 0. The van der Waals surface area contributed by atoms with Gasteiger partial charge in [0.25, 0.3) is 0 Å². The number of hydrogen-bond donors (Lipinski definition) is 0. The van der Waals surface area contributed by atoms with Crippen molar-refractivity contribution >= 4 is 67.0 Å². The standard InChI is InChI=1S/C26H15BN2S/c1-4-12-20-18(9-1)26-25(19-10-3-6-15-23(19)30-26)29-22-14-7-11-17-16-8-2-5-13-21(16)28(24(17)22)27(20)29/h1-15H. The fraction of sp³-hybridized carbons (Fsp3) is 0. The van der Waals surface area contributed by atoms with Gasteiger partial charge in [-0.2, -0.15) is 0 Å². The smallest absolute Gasteiger partial charge is 0.359 e. The fourth-order valence-corrected chi connectivity index (χ4v) is 6.87. The minimum absolute atomic E-state index is 0.145. The zero-order valence-corrected chi connectivity index (χ0v) is 16.9. The Morgan fingerprint density at radius 1 is 0.667 bits per heavy atom. The van der Waals surface area contributed by atoms with Gasteiger partial charge in [-0.3, -0.25) is 0 Å². The van der Waals surface area contributed by atoms with E-state index in [0.29, 0.717) is 0 Å². The first-order valence-corrected chi connectivity index (χ1v) is 11.2. The van der Waals surface area contributed by atoms with E-state index in [1.807, 2.05) is 11.3 Å². The highest BCUT2D eigenvalue weighted by atomic mass is 32.1. The van der Waals surface area contributed by atoms with Crippen molar-refractivity contribution in [2.24, 2.45) is 0 Å². The Hall–Kier alpha value is -3.50. The maximum Gasteiger partial charge on any atom is 0.421 e. The molecule has 0 atom stereocenters. The van der Waals surface area contributed by atoms with Crippen molar-refractivity contribution in [3.05, 3.63) is 91.0 Å². The third kappa shape index (κ3) is 1.62. The molecule has 0 unspecified atom stereocenters. The van der Waals surface area contributed by atoms with Crippen LogP contribution in [0.15, 0.2) is 91.0 Å². The van der Waals surface area contributed by atoms with Crippen molar-refractivity contribution < 1.29 is 0 Å². The average molecular weight is 398 g/mol. The molecule has 0 radical (unpaired) electrons. The summed E-state index contributed by atoms with van der Waals surface area (Å²) in [5, 5.41) is 4.03. The molecular weight excluding hydrogens is 383 g/mol. The average Bonchev–Trinajstić information content (AvgIpc) is 3.46. The molecule has 0 spiro atoms. The number of fused-ring (bicyclic) bond motifs is 13. The Balaban J connectivity index is 1.61. The molecule has 4 aromatic carbocycles. The minimum atomic E-state index is 0.145. The van der Waals surface area contributed by atoms with Crippen LogP contribution in [0.1, 0.15) is 0 Å². The van der Waals surface area contributed by atoms with Crippen molar-refractivity contribution in [2.75, 3.05) is 4.81 Å². The van der Waals surface area contributed by atoms with Gasteiger partial charge in [-0.05, 0) is 29.2 Å². The van der Waals surface area contributed by atoms with E-state index in [9.17, 15) is 0 Å². The first-order chi connectivity index (χ1) is 14.9. The molecule has 30 heavy (non-hydrogen) atoms. The third-order valence-electron chi connectivity index (χ3n) is 6.75. The Labute approximate surface area is 177 Å². The van der Waals surface area contributed by atoms with Crippen LogP contribution in [0.2, 0.25) is 0 Å². The lowest BCUT2D eigenvalue weighted by Crippen LogP contribution is -2.51. The van der Waals surface area contributed by atoms with E-state index in [4.69, 9.17) is 0 Å². The highest BCUT2D eigenvalue weighted by Crippen LogP contribution is 2.53. The Bertz CT molecular complexity index is 1680. The number of benzene rings is 4. The summed E-state index contributed by atoms with van der Waals surface area (Å²) in [5.41, 5.74) is 8.09. The molecule has 0 bridgehead atoms. The van der Waals surface area contributed by atoms with Crippen molar-refractivity contribution in [3.8, 4) is 10.4 Å². The van der Waals surface area contributed by atoms with E-state index in [1.165, 1.54) is 59.2 Å². The van der Waals surface area contributed by atoms with E-state index in [0.717, 1.165) is 0 Å². The molecule has 6 aromatic rings. The maximum absolute atomic E-state index is 2.59. The van der Waals surface area contributed by atoms with Crippen LogP contribution in [0.25, 0.3) is 42.3 Å². The lowest BCUT2D eigenvalue weighted by atomic mass is 9.61. The molecule has 2 aliphatic rings. The minimum Gasteiger partial charge on any atom is -0.359 e. The number of nitrogens with zero attached hydrogens (tertiary/aromatic N) is 2. The number of para-hydroxylation sites is 2. The predicted molar refractivity (Wildman–Crippen MR) is 130 cm³/mol. The SMILES string of the molecule is c1ccc2c(c1)B1N(c3c-2sc2ccccc32)c2cccc3c4ccccc4n1c23. The van der Waals surface area contributed by atoms with Gasteiger partial charge in [-0.25, -0.2) is 0 Å². The summed E-state index contributed by atoms with van der Waals surface area (Å²) in [6, 6.07) is 33.4. The fourth-order valence-electron chi connectivity index (χ4n) is 5.63. The van der Waals surface area contributed by atoms with Gasteiger partial charge < -0.3 is 9.29 Å². The van der Waals surface area contributed by atoms with E-state index < -0.39 is 0 Å². The van der Waals surface area contributed by atoms with Gasteiger partial charge in [0.15, 0.2) is 0 Å². The quantitative estimate of drug-likeness (QED) is 0.269. The summed E-state index contributed by atoms with van der Waals surface area (Å²) in [5.74, 6) is 0. The van der Waals surface area contributed by atoms with Crippen LogP contribution in [-0.4, -0.2) is 11.5 Å². The zero-order chi connectivity index (χ0) is 19.4. The molecule has 4 heteroatoms. The van der Waals surface area contributed by atoms with Crippen LogP contribution in [0.3, 0.4) is 0 Å². The van der Waals surface area contributed by atoms with Crippen LogP contribution in [0, 0.1) is 0 Å². The second-order valence-corrected chi connectivity index (χ2v) is 9.22. The van der Waals surface area contributed by atoms with Crippen molar-refractivity contribution in [1.82, 2.24) is 4.48 Å². The summed E-state index contributed by atoms with van der Waals surface area (Å²) in [4.78, 5) is 3.97. The highest BCUT2D eigenvalue weighted by molar-refractivity contribution is 7.23. The molecule has 0 amide bonds. The summed E-state index contributed by atoms with van der Waals surface area (Å²) >= 11 is 1.91. The summed E-state index contributed by atoms with van der Waals surface area (Å²) in [6.45, 7) is 0.145. The molecular formula is C26H15BN2S. The first-order valence-electron chi connectivity index (χ1n) is 10.3.